The number of esters is 1. The predicted octanol–water partition coefficient (Wildman–Crippen LogP) is 6.37. The number of fused-ring (bicyclic) bond motifs is 2. The summed E-state index contributed by atoms with van der Waals surface area (Å²) >= 11 is 0. The van der Waals surface area contributed by atoms with E-state index in [9.17, 15) is 27.6 Å². The van der Waals surface area contributed by atoms with E-state index >= 15 is 0 Å². The summed E-state index contributed by atoms with van der Waals surface area (Å²) < 4.78 is 49.1. The number of carbonyl (C=O) groups is 3. The maximum atomic E-state index is 13.2. The molecular weight excluding hydrogens is 653 g/mol. The van der Waals surface area contributed by atoms with Gasteiger partial charge in [0.15, 0.2) is 0 Å². The molecule has 0 unspecified atom stereocenters. The number of nitrogens with one attached hydrogen (secondary N) is 1. The Morgan fingerprint density at radius 3 is 2.50 bits per heavy atom. The van der Waals surface area contributed by atoms with Crippen LogP contribution in [0.3, 0.4) is 0 Å². The van der Waals surface area contributed by atoms with Gasteiger partial charge in [-0.2, -0.15) is 0 Å². The zero-order valence-electron chi connectivity index (χ0n) is 28.9. The van der Waals surface area contributed by atoms with Crippen LogP contribution in [0.4, 0.5) is 24.7 Å². The van der Waals surface area contributed by atoms with Crippen molar-refractivity contribution in [1.29, 1.82) is 0 Å². The molecule has 3 heterocycles. The number of aryl methyl sites for hydroxylation is 1. The Bertz CT molecular complexity index is 1830. The summed E-state index contributed by atoms with van der Waals surface area (Å²) in [5.41, 5.74) is 10.1. The number of nitrogens with zero attached hydrogens (tertiary/aromatic N) is 4. The van der Waals surface area contributed by atoms with Gasteiger partial charge in [0.2, 0.25) is 11.8 Å². The monoisotopic (exact) mass is 696 g/mol. The van der Waals surface area contributed by atoms with Crippen molar-refractivity contribution in [3.63, 3.8) is 0 Å². The van der Waals surface area contributed by atoms with E-state index in [2.05, 4.69) is 20.0 Å². The third-order valence-electron chi connectivity index (χ3n) is 7.63. The van der Waals surface area contributed by atoms with Crippen LogP contribution >= 0.6 is 0 Å². The summed E-state index contributed by atoms with van der Waals surface area (Å²) in [5, 5.41) is 3.52. The van der Waals surface area contributed by atoms with Crippen molar-refractivity contribution in [2.45, 2.75) is 85.2 Å². The Balaban J connectivity index is 0.00000276. The first-order valence-electron chi connectivity index (χ1n) is 16.5. The molecule has 0 saturated carbocycles. The quantitative estimate of drug-likeness (QED) is 0.136. The molecule has 5 rings (SSSR count). The van der Waals surface area contributed by atoms with Crippen molar-refractivity contribution in [3.8, 4) is 16.9 Å². The van der Waals surface area contributed by atoms with E-state index < -0.39 is 17.9 Å². The van der Waals surface area contributed by atoms with E-state index in [1.165, 1.54) is 24.5 Å². The molecule has 0 spiro atoms. The van der Waals surface area contributed by atoms with Crippen molar-refractivity contribution in [1.82, 2.24) is 19.9 Å². The minimum atomic E-state index is -4.82. The molecule has 2 aromatic heterocycles. The summed E-state index contributed by atoms with van der Waals surface area (Å²) in [4.78, 5) is 47.6. The standard InChI is InChI=1S/C34H37F3N6O5.C2H6/c1-33(2,3)48-29(46)11-10-27(44)39-13-5-14-42-19-25(30-31(38)40-20-41-32(30)42)22-8-9-26-23(18-22)12-15-43(26)28(45)17-21-6-4-7-24(16-21)47-34(35,36)37;1-2/h4,6-9,16,18-20H,5,10-15,17H2,1-3H3,(H,39,44)(H2,38,40,41);1-2H3. The second kappa shape index (κ2) is 16.0. The molecule has 2 aromatic carbocycles. The first kappa shape index (κ1) is 37.7. The van der Waals surface area contributed by atoms with Crippen LogP contribution in [0.2, 0.25) is 0 Å². The minimum absolute atomic E-state index is 0.00621. The number of nitrogens with two attached hydrogens (primary N) is 1. The first-order valence-corrected chi connectivity index (χ1v) is 16.5. The summed E-state index contributed by atoms with van der Waals surface area (Å²) in [6.07, 6.45) is -0.319. The number of aromatic nitrogens is 3. The molecule has 0 saturated heterocycles. The van der Waals surface area contributed by atoms with Gasteiger partial charge in [-0.3, -0.25) is 14.4 Å². The fourth-order valence-electron chi connectivity index (χ4n) is 5.66. The number of carbonyl (C=O) groups excluding carboxylic acids is 3. The maximum absolute atomic E-state index is 13.2. The summed E-state index contributed by atoms with van der Waals surface area (Å²) in [5.74, 6) is -0.951. The van der Waals surface area contributed by atoms with Crippen molar-refractivity contribution >= 4 is 40.3 Å². The molecule has 0 atom stereocenters. The number of anilines is 2. The van der Waals surface area contributed by atoms with Crippen LogP contribution in [0.1, 0.15) is 65.0 Å². The van der Waals surface area contributed by atoms with Crippen LogP contribution in [0.15, 0.2) is 55.0 Å². The number of hydrogen-bond acceptors (Lipinski definition) is 8. The molecule has 50 heavy (non-hydrogen) atoms. The molecule has 0 fully saturated rings. The molecule has 11 nitrogen and oxygen atoms in total. The van der Waals surface area contributed by atoms with Crippen LogP contribution in [0, 0.1) is 0 Å². The van der Waals surface area contributed by atoms with Crippen LogP contribution < -0.4 is 20.7 Å². The number of halogens is 3. The van der Waals surface area contributed by atoms with Gasteiger partial charge in [-0.1, -0.05) is 32.0 Å². The zero-order chi connectivity index (χ0) is 36.6. The average molecular weight is 697 g/mol. The number of hydrogen-bond donors (Lipinski definition) is 2. The molecule has 3 N–H and O–H groups in total. The highest BCUT2D eigenvalue weighted by atomic mass is 19.4. The second-order valence-electron chi connectivity index (χ2n) is 12.5. The fourth-order valence-corrected chi connectivity index (χ4v) is 5.66. The van der Waals surface area contributed by atoms with Crippen molar-refractivity contribution in [3.05, 3.63) is 66.1 Å². The largest absolute Gasteiger partial charge is 0.573 e. The lowest BCUT2D eigenvalue weighted by molar-refractivity contribution is -0.274. The number of rotatable bonds is 11. The molecule has 2 amide bonds. The lowest BCUT2D eigenvalue weighted by Crippen LogP contribution is -2.30. The van der Waals surface area contributed by atoms with Gasteiger partial charge in [-0.25, -0.2) is 9.97 Å². The maximum Gasteiger partial charge on any atom is 0.573 e. The van der Waals surface area contributed by atoms with Gasteiger partial charge in [0, 0.05) is 43.5 Å². The van der Waals surface area contributed by atoms with Gasteiger partial charge in [0.1, 0.15) is 29.1 Å². The average Bonchev–Trinajstić information content (AvgIpc) is 3.64. The van der Waals surface area contributed by atoms with Crippen LogP contribution in [0.5, 0.6) is 5.75 Å². The first-order chi connectivity index (χ1) is 23.7. The molecule has 0 radical (unpaired) electrons. The summed E-state index contributed by atoms with van der Waals surface area (Å²) in [7, 11) is 0. The normalized spacial score (nSPS) is 12.6. The number of ether oxygens (including phenoxy) is 2. The molecule has 14 heteroatoms. The van der Waals surface area contributed by atoms with E-state index in [0.29, 0.717) is 54.9 Å². The Labute approximate surface area is 289 Å². The minimum Gasteiger partial charge on any atom is -0.460 e. The van der Waals surface area contributed by atoms with Crippen molar-refractivity contribution in [2.24, 2.45) is 0 Å². The van der Waals surface area contributed by atoms with Crippen LogP contribution in [-0.4, -0.2) is 57.4 Å². The Hall–Kier alpha value is -5.14. The van der Waals surface area contributed by atoms with Gasteiger partial charge in [0.05, 0.1) is 18.2 Å². The van der Waals surface area contributed by atoms with E-state index in [0.717, 1.165) is 22.4 Å². The number of benzene rings is 2. The lowest BCUT2D eigenvalue weighted by Gasteiger charge is -2.19. The molecule has 1 aliphatic heterocycles. The molecule has 1 aliphatic rings. The molecular formula is C36H43F3N6O5. The van der Waals surface area contributed by atoms with E-state index in [1.807, 2.05) is 42.8 Å². The Morgan fingerprint density at radius 1 is 1.02 bits per heavy atom. The smallest absolute Gasteiger partial charge is 0.460 e. The molecule has 4 aromatic rings. The SMILES string of the molecule is CC.CC(C)(C)OC(=O)CCC(=O)NCCCn1cc(-c2ccc3c(c2)CCN3C(=O)Cc2cccc(OC(F)(F)F)c2)c2c(N)ncnc21. The van der Waals surface area contributed by atoms with Crippen LogP contribution in [-0.2, 0) is 38.5 Å². The summed E-state index contributed by atoms with van der Waals surface area (Å²) in [6, 6.07) is 11.2. The number of amides is 2. The molecule has 0 bridgehead atoms. The zero-order valence-corrected chi connectivity index (χ0v) is 28.9. The number of nitrogen functional groups attached to an aromatic ring is 1. The topological polar surface area (TPSA) is 142 Å². The summed E-state index contributed by atoms with van der Waals surface area (Å²) in [6.45, 7) is 10.7. The van der Waals surface area contributed by atoms with Gasteiger partial charge in [0.25, 0.3) is 0 Å². The van der Waals surface area contributed by atoms with E-state index in [1.54, 1.807) is 31.7 Å². The third-order valence-corrected chi connectivity index (χ3v) is 7.63. The predicted molar refractivity (Wildman–Crippen MR) is 184 cm³/mol. The highest BCUT2D eigenvalue weighted by Crippen LogP contribution is 2.37. The van der Waals surface area contributed by atoms with Gasteiger partial charge in [-0.15, -0.1) is 13.2 Å². The van der Waals surface area contributed by atoms with Crippen molar-refractivity contribution < 1.29 is 37.0 Å². The lowest BCUT2D eigenvalue weighted by atomic mass is 10.0. The van der Waals surface area contributed by atoms with Gasteiger partial charge < -0.3 is 30.0 Å². The second-order valence-corrected chi connectivity index (χ2v) is 12.5. The van der Waals surface area contributed by atoms with Crippen molar-refractivity contribution in [2.75, 3.05) is 23.7 Å². The van der Waals surface area contributed by atoms with Gasteiger partial charge in [-0.05, 0) is 74.6 Å². The highest BCUT2D eigenvalue weighted by molar-refractivity contribution is 6.02. The molecule has 0 aliphatic carbocycles. The van der Waals surface area contributed by atoms with Gasteiger partial charge >= 0.3 is 12.3 Å². The Morgan fingerprint density at radius 2 is 1.78 bits per heavy atom. The third kappa shape index (κ3) is 9.95. The van der Waals surface area contributed by atoms with E-state index in [4.69, 9.17) is 10.5 Å². The Kier molecular flexibility index (Phi) is 12.1. The number of alkyl halides is 3. The highest BCUT2D eigenvalue weighted by Gasteiger charge is 2.31. The van der Waals surface area contributed by atoms with Crippen LogP contribution in [0.25, 0.3) is 22.2 Å². The fraction of sp³-hybridized carbons (Fsp3) is 0.417. The van der Waals surface area contributed by atoms with E-state index in [-0.39, 0.29) is 36.8 Å². The molecule has 268 valence electrons.